The third-order valence-corrected chi connectivity index (χ3v) is 10.0. The third-order valence-electron chi connectivity index (χ3n) is 10.0. The van der Waals surface area contributed by atoms with Gasteiger partial charge in [-0.3, -0.25) is 28.8 Å². The molecule has 2 fully saturated rings. The van der Waals surface area contributed by atoms with Crippen molar-refractivity contribution in [1.29, 1.82) is 0 Å². The van der Waals surface area contributed by atoms with Gasteiger partial charge in [0.15, 0.2) is 6.61 Å². The Morgan fingerprint density at radius 1 is 1.00 bits per heavy atom. The van der Waals surface area contributed by atoms with E-state index in [4.69, 9.17) is 9.47 Å². The number of amides is 6. The van der Waals surface area contributed by atoms with E-state index >= 15 is 0 Å². The minimum atomic E-state index is -1.49. The first-order chi connectivity index (χ1) is 26.0. The van der Waals surface area contributed by atoms with E-state index in [0.29, 0.717) is 25.2 Å². The summed E-state index contributed by atoms with van der Waals surface area (Å²) in [6, 6.07) is 8.98. The van der Waals surface area contributed by atoms with Crippen LogP contribution >= 0.6 is 0 Å². The van der Waals surface area contributed by atoms with Crippen LogP contribution in [-0.2, 0) is 46.3 Å². The van der Waals surface area contributed by atoms with Crippen molar-refractivity contribution < 1.29 is 43.3 Å². The molecule has 4 aliphatic rings. The van der Waals surface area contributed by atoms with E-state index in [1.54, 1.807) is 30.5 Å². The molecule has 6 amide bonds. The Kier molecular flexibility index (Phi) is 12.1. The summed E-state index contributed by atoms with van der Waals surface area (Å²) in [7, 11) is 0. The molecule has 7 atom stereocenters. The van der Waals surface area contributed by atoms with Crippen molar-refractivity contribution in [2.75, 3.05) is 26.3 Å². The average molecular weight is 746 g/mol. The maximum absolute atomic E-state index is 14.6. The average Bonchev–Trinajstić information content (AvgIpc) is 3.93. The molecule has 0 aliphatic carbocycles. The highest BCUT2D eigenvalue weighted by molar-refractivity contribution is 5.97. The van der Waals surface area contributed by atoms with Crippen molar-refractivity contribution in [3.05, 3.63) is 65.9 Å². The lowest BCUT2D eigenvalue weighted by atomic mass is 10.0. The second-order valence-corrected chi connectivity index (χ2v) is 14.1. The van der Waals surface area contributed by atoms with Gasteiger partial charge >= 0.3 is 0 Å². The number of rotatable bonds is 5. The quantitative estimate of drug-likeness (QED) is 0.169. The molecule has 7 N–H and O–H groups in total. The number of nitrogens with one attached hydrogen (secondary N) is 6. The fraction of sp³-hybridized carbons (Fsp3) is 0.474. The maximum Gasteiger partial charge on any atom is 0.258 e. The molecular formula is C38H47N7O9. The summed E-state index contributed by atoms with van der Waals surface area (Å²) in [6.45, 7) is 3.04. The van der Waals surface area contributed by atoms with Gasteiger partial charge in [-0.15, -0.1) is 0 Å². The number of benzene rings is 2. The van der Waals surface area contributed by atoms with Crippen LogP contribution in [0.3, 0.4) is 0 Å². The smallest absolute Gasteiger partial charge is 0.258 e. The molecule has 54 heavy (non-hydrogen) atoms. The number of hydrogen-bond donors (Lipinski definition) is 7. The van der Waals surface area contributed by atoms with E-state index in [1.807, 2.05) is 24.3 Å². The van der Waals surface area contributed by atoms with Crippen LogP contribution in [0.15, 0.2) is 54.7 Å². The zero-order chi connectivity index (χ0) is 38.4. The lowest BCUT2D eigenvalue weighted by Gasteiger charge is -2.30. The van der Waals surface area contributed by atoms with E-state index in [9.17, 15) is 33.9 Å². The van der Waals surface area contributed by atoms with Crippen LogP contribution in [0.2, 0.25) is 0 Å². The zero-order valence-corrected chi connectivity index (χ0v) is 30.3. The van der Waals surface area contributed by atoms with Crippen molar-refractivity contribution in [1.82, 2.24) is 36.5 Å². The van der Waals surface area contributed by atoms with Crippen LogP contribution in [0.5, 0.6) is 5.75 Å². The molecule has 2 bridgehead atoms. The molecule has 2 saturated heterocycles. The Bertz CT molecular complexity index is 1860. The number of hydrogen-bond acceptors (Lipinski definition) is 9. The normalized spacial score (nSPS) is 26.7. The van der Waals surface area contributed by atoms with Crippen molar-refractivity contribution in [3.8, 4) is 5.75 Å². The number of para-hydroxylation sites is 1. The fourth-order valence-corrected chi connectivity index (χ4v) is 7.08. The van der Waals surface area contributed by atoms with E-state index in [2.05, 4.69) is 31.6 Å². The number of carbonyl (C=O) groups is 6. The van der Waals surface area contributed by atoms with E-state index in [-0.39, 0.29) is 31.8 Å². The predicted octanol–water partition coefficient (Wildman–Crippen LogP) is -0.418. The summed E-state index contributed by atoms with van der Waals surface area (Å²) >= 11 is 0. The second kappa shape index (κ2) is 17.1. The van der Waals surface area contributed by atoms with Crippen LogP contribution in [0.1, 0.15) is 44.2 Å². The van der Waals surface area contributed by atoms with Gasteiger partial charge in [-0.1, -0.05) is 30.3 Å². The number of nitrogens with zero attached hydrogens (tertiary/aromatic N) is 1. The second-order valence-electron chi connectivity index (χ2n) is 14.1. The first-order valence-electron chi connectivity index (χ1n) is 18.3. The van der Waals surface area contributed by atoms with Gasteiger partial charge in [-0.2, -0.15) is 0 Å². The highest BCUT2D eigenvalue weighted by Gasteiger charge is 2.44. The van der Waals surface area contributed by atoms with Crippen LogP contribution in [0.25, 0.3) is 10.9 Å². The summed E-state index contributed by atoms with van der Waals surface area (Å²) in [4.78, 5) is 85.9. The van der Waals surface area contributed by atoms with Gasteiger partial charge in [0.1, 0.15) is 36.0 Å². The Balaban J connectivity index is 1.32. The molecule has 5 heterocycles. The topological polar surface area (TPSA) is 220 Å². The van der Waals surface area contributed by atoms with Gasteiger partial charge in [0.25, 0.3) is 5.91 Å². The summed E-state index contributed by atoms with van der Waals surface area (Å²) in [6.07, 6.45) is 1.51. The molecule has 0 saturated carbocycles. The minimum absolute atomic E-state index is 0.0180. The highest BCUT2D eigenvalue weighted by Crippen LogP contribution is 2.25. The molecule has 0 spiro atoms. The Morgan fingerprint density at radius 2 is 1.78 bits per heavy atom. The van der Waals surface area contributed by atoms with Crippen molar-refractivity contribution in [3.63, 3.8) is 0 Å². The van der Waals surface area contributed by atoms with Gasteiger partial charge < -0.3 is 51.0 Å². The van der Waals surface area contributed by atoms with Crippen LogP contribution in [-0.4, -0.2) is 119 Å². The third kappa shape index (κ3) is 9.17. The molecule has 3 aromatic rings. The first kappa shape index (κ1) is 38.3. The molecule has 0 radical (unpaired) electrons. The summed E-state index contributed by atoms with van der Waals surface area (Å²) < 4.78 is 11.3. The van der Waals surface area contributed by atoms with E-state index in [1.165, 1.54) is 18.7 Å². The number of carbonyl (C=O) groups excluding carboxylic acids is 6. The Morgan fingerprint density at radius 3 is 2.52 bits per heavy atom. The summed E-state index contributed by atoms with van der Waals surface area (Å²) in [5.74, 6) is -3.15. The van der Waals surface area contributed by atoms with Gasteiger partial charge in [0.2, 0.25) is 29.5 Å². The minimum Gasteiger partial charge on any atom is -0.484 e. The van der Waals surface area contributed by atoms with Crippen LogP contribution in [0.4, 0.5) is 0 Å². The molecule has 7 rings (SSSR count). The monoisotopic (exact) mass is 745 g/mol. The largest absolute Gasteiger partial charge is 0.484 e. The molecular weight excluding hydrogens is 698 g/mol. The first-order valence-corrected chi connectivity index (χ1v) is 18.3. The number of aromatic nitrogens is 1. The number of aromatic amines is 1. The lowest BCUT2D eigenvalue weighted by molar-refractivity contribution is -0.143. The molecule has 288 valence electrons. The van der Waals surface area contributed by atoms with Crippen molar-refractivity contribution >= 4 is 46.3 Å². The lowest BCUT2D eigenvalue weighted by Crippen LogP contribution is -2.60. The highest BCUT2D eigenvalue weighted by atomic mass is 16.5. The van der Waals surface area contributed by atoms with Crippen molar-refractivity contribution in [2.45, 2.75) is 88.4 Å². The number of aliphatic hydroxyl groups is 1. The number of fused-ring (bicyclic) bond motifs is 17. The zero-order valence-electron chi connectivity index (χ0n) is 30.3. The molecule has 4 aliphatic heterocycles. The molecule has 16 nitrogen and oxygen atoms in total. The van der Waals surface area contributed by atoms with Crippen LogP contribution in [0, 0.1) is 0 Å². The van der Waals surface area contributed by atoms with Crippen molar-refractivity contribution in [2.24, 2.45) is 0 Å². The van der Waals surface area contributed by atoms with Gasteiger partial charge in [0, 0.05) is 49.3 Å². The Hall–Kier alpha value is -5.48. The van der Waals surface area contributed by atoms with E-state index in [0.717, 1.165) is 28.5 Å². The molecule has 2 aromatic carbocycles. The number of H-pyrrole nitrogens is 1. The molecule has 0 unspecified atom stereocenters. The number of aliphatic hydroxyl groups excluding tert-OH is 1. The summed E-state index contributed by atoms with van der Waals surface area (Å²) in [5, 5.41) is 25.1. The van der Waals surface area contributed by atoms with Gasteiger partial charge in [-0.25, -0.2) is 0 Å². The standard InChI is InChI=1S/C38H47N7O9/c1-21-34(48)39-14-13-23-9-11-26(12-10-23)54-20-32(47)43-29(16-24-18-40-28-7-4-3-6-27(24)28)38(52)45-19-25(42-36(50)31-8-5-15-53-31)17-30(45)35(49)44-33(22(2)46)37(51)41-21/h3-4,6-7,9-12,18,21-22,25,29-31,33,40,46H,5,8,13-17,19-20H2,1-2H3,(H,39,48)(H,41,51)(H,42,50)(H,43,47)(H,44,49)/t21-,22+,25-,29+,30-,31+,33-/m0/s1. The van der Waals surface area contributed by atoms with Gasteiger partial charge in [0.05, 0.1) is 6.10 Å². The number of ether oxygens (including phenoxy) is 2. The van der Waals surface area contributed by atoms with Gasteiger partial charge in [-0.05, 0) is 68.9 Å². The predicted molar refractivity (Wildman–Crippen MR) is 195 cm³/mol. The molecule has 1 aromatic heterocycles. The maximum atomic E-state index is 14.6. The Labute approximate surface area is 312 Å². The summed E-state index contributed by atoms with van der Waals surface area (Å²) in [5.41, 5.74) is 2.47. The van der Waals surface area contributed by atoms with Crippen LogP contribution < -0.4 is 31.3 Å². The van der Waals surface area contributed by atoms with E-state index < -0.39 is 78.6 Å². The fourth-order valence-electron chi connectivity index (χ4n) is 7.08. The SMILES string of the molecule is C[C@@H]1NC(=O)[C@H]([C@@H](C)O)NC(=O)[C@@H]2C[C@H](NC(=O)[C@H]3CCCO3)CN2C(=O)[C@@H](Cc2c[nH]c3ccccc23)NC(=O)COc2ccc(cc2)CCNC1=O. The molecule has 16 heteroatoms.